The van der Waals surface area contributed by atoms with Gasteiger partial charge in [-0.05, 0) is 37.8 Å². The fourth-order valence-corrected chi connectivity index (χ4v) is 2.11. The van der Waals surface area contributed by atoms with Gasteiger partial charge in [0.2, 0.25) is 0 Å². The second-order valence-corrected chi connectivity index (χ2v) is 5.14. The summed E-state index contributed by atoms with van der Waals surface area (Å²) in [5, 5.41) is 14.3. The van der Waals surface area contributed by atoms with Crippen LogP contribution in [-0.2, 0) is 11.3 Å². The van der Waals surface area contributed by atoms with E-state index in [1.165, 1.54) is 0 Å². The van der Waals surface area contributed by atoms with Crippen molar-refractivity contribution in [1.82, 2.24) is 15.6 Å². The van der Waals surface area contributed by atoms with Crippen LogP contribution in [-0.4, -0.2) is 28.1 Å². The van der Waals surface area contributed by atoms with Crippen molar-refractivity contribution < 1.29 is 14.7 Å². The highest BCUT2D eigenvalue weighted by Gasteiger charge is 2.33. The van der Waals surface area contributed by atoms with Crippen molar-refractivity contribution in [3.8, 4) is 0 Å². The van der Waals surface area contributed by atoms with Gasteiger partial charge in [-0.25, -0.2) is 4.79 Å². The van der Waals surface area contributed by atoms with Gasteiger partial charge in [0.1, 0.15) is 0 Å². The van der Waals surface area contributed by atoms with Gasteiger partial charge in [-0.1, -0.05) is 6.07 Å². The molecule has 1 aliphatic carbocycles. The topological polar surface area (TPSA) is 91.3 Å². The van der Waals surface area contributed by atoms with Crippen LogP contribution < -0.4 is 10.6 Å². The Morgan fingerprint density at radius 1 is 1.45 bits per heavy atom. The molecule has 20 heavy (non-hydrogen) atoms. The lowest BCUT2D eigenvalue weighted by Crippen LogP contribution is -2.43. The maximum absolute atomic E-state index is 11.8. The Kier molecular flexibility index (Phi) is 4.55. The summed E-state index contributed by atoms with van der Waals surface area (Å²) in [5.74, 6) is -0.587. The fourth-order valence-electron chi connectivity index (χ4n) is 2.11. The number of nitrogens with zero attached hydrogens (tertiary/aromatic N) is 1. The maximum Gasteiger partial charge on any atom is 0.315 e. The zero-order chi connectivity index (χ0) is 14.5. The molecule has 6 heteroatoms. The monoisotopic (exact) mass is 277 g/mol. The minimum atomic E-state index is -0.887. The summed E-state index contributed by atoms with van der Waals surface area (Å²) in [5.41, 5.74) is 1.67. The van der Waals surface area contributed by atoms with Crippen LogP contribution in [0.1, 0.15) is 30.7 Å². The Morgan fingerprint density at radius 2 is 2.20 bits per heavy atom. The first kappa shape index (κ1) is 14.3. The number of carbonyl (C=O) groups is 2. The average molecular weight is 277 g/mol. The molecule has 0 spiro atoms. The summed E-state index contributed by atoms with van der Waals surface area (Å²) in [7, 11) is 0. The van der Waals surface area contributed by atoms with Crippen molar-refractivity contribution in [2.75, 3.05) is 0 Å². The Hall–Kier alpha value is -2.11. The molecule has 1 aliphatic rings. The molecule has 1 aromatic heterocycles. The SMILES string of the molecule is Cc1cccc(CNC(=O)NC(CC(=O)O)C2CC2)n1. The summed E-state index contributed by atoms with van der Waals surface area (Å²) in [6.07, 6.45) is 1.94. The number of rotatable bonds is 6. The second kappa shape index (κ2) is 6.36. The molecule has 1 heterocycles. The van der Waals surface area contributed by atoms with Crippen LogP contribution >= 0.6 is 0 Å². The number of nitrogens with one attached hydrogen (secondary N) is 2. The highest BCUT2D eigenvalue weighted by Crippen LogP contribution is 2.33. The van der Waals surface area contributed by atoms with Crippen molar-refractivity contribution in [2.45, 2.75) is 38.8 Å². The molecule has 6 nitrogen and oxygen atoms in total. The lowest BCUT2D eigenvalue weighted by molar-refractivity contribution is -0.137. The first-order valence-corrected chi connectivity index (χ1v) is 6.73. The molecule has 0 aliphatic heterocycles. The predicted molar refractivity (Wildman–Crippen MR) is 73.1 cm³/mol. The number of hydrogen-bond donors (Lipinski definition) is 3. The molecule has 1 saturated carbocycles. The standard InChI is InChI=1S/C14H19N3O3/c1-9-3-2-4-11(16-9)8-15-14(20)17-12(7-13(18)19)10-5-6-10/h2-4,10,12H,5-8H2,1H3,(H,18,19)(H2,15,17,20). The van der Waals surface area contributed by atoms with Crippen molar-refractivity contribution in [3.63, 3.8) is 0 Å². The molecule has 2 amide bonds. The molecule has 3 N–H and O–H groups in total. The highest BCUT2D eigenvalue weighted by atomic mass is 16.4. The maximum atomic E-state index is 11.8. The number of aryl methyl sites for hydroxylation is 1. The number of urea groups is 1. The molecular weight excluding hydrogens is 258 g/mol. The number of carboxylic acids is 1. The van der Waals surface area contributed by atoms with E-state index in [0.717, 1.165) is 24.2 Å². The van der Waals surface area contributed by atoms with Crippen LogP contribution in [0.4, 0.5) is 4.79 Å². The van der Waals surface area contributed by atoms with Gasteiger partial charge in [0.25, 0.3) is 0 Å². The summed E-state index contributed by atoms with van der Waals surface area (Å²) in [6, 6.07) is 4.99. The molecule has 0 saturated heterocycles. The van der Waals surface area contributed by atoms with E-state index in [1.54, 1.807) is 0 Å². The third-order valence-corrected chi connectivity index (χ3v) is 3.28. The van der Waals surface area contributed by atoms with E-state index in [1.807, 2.05) is 25.1 Å². The first-order valence-electron chi connectivity index (χ1n) is 6.73. The van der Waals surface area contributed by atoms with Gasteiger partial charge in [0, 0.05) is 11.7 Å². The number of pyridine rings is 1. The van der Waals surface area contributed by atoms with Gasteiger partial charge >= 0.3 is 12.0 Å². The Balaban J connectivity index is 1.80. The second-order valence-electron chi connectivity index (χ2n) is 5.14. The summed E-state index contributed by atoms with van der Waals surface area (Å²) < 4.78 is 0. The molecule has 1 fully saturated rings. The first-order chi connectivity index (χ1) is 9.54. The number of aliphatic carboxylic acids is 1. The predicted octanol–water partition coefficient (Wildman–Crippen LogP) is 1.44. The summed E-state index contributed by atoms with van der Waals surface area (Å²) >= 11 is 0. The third-order valence-electron chi connectivity index (χ3n) is 3.28. The molecule has 2 rings (SSSR count). The Morgan fingerprint density at radius 3 is 2.80 bits per heavy atom. The number of aromatic nitrogens is 1. The number of hydrogen-bond acceptors (Lipinski definition) is 3. The lowest BCUT2D eigenvalue weighted by atomic mass is 10.1. The van der Waals surface area contributed by atoms with Crippen molar-refractivity contribution in [3.05, 3.63) is 29.6 Å². The quantitative estimate of drug-likeness (QED) is 0.733. The Bertz CT molecular complexity index is 500. The van der Waals surface area contributed by atoms with Gasteiger partial charge in [-0.3, -0.25) is 9.78 Å². The molecule has 1 unspecified atom stereocenters. The molecule has 1 atom stereocenters. The largest absolute Gasteiger partial charge is 0.481 e. The van der Waals surface area contributed by atoms with Gasteiger partial charge < -0.3 is 15.7 Å². The van der Waals surface area contributed by atoms with Gasteiger partial charge in [0.15, 0.2) is 0 Å². The van der Waals surface area contributed by atoms with E-state index < -0.39 is 5.97 Å². The molecule has 108 valence electrons. The third kappa shape index (κ3) is 4.53. The zero-order valence-electron chi connectivity index (χ0n) is 11.4. The van der Waals surface area contributed by atoms with Crippen LogP contribution in [0.15, 0.2) is 18.2 Å². The highest BCUT2D eigenvalue weighted by molar-refractivity contribution is 5.75. The molecule has 0 aromatic carbocycles. The smallest absolute Gasteiger partial charge is 0.315 e. The fraction of sp³-hybridized carbons (Fsp3) is 0.500. The minimum Gasteiger partial charge on any atom is -0.481 e. The molecule has 0 bridgehead atoms. The van der Waals surface area contributed by atoms with Crippen LogP contribution in [0.5, 0.6) is 0 Å². The van der Waals surface area contributed by atoms with E-state index in [-0.39, 0.29) is 18.5 Å². The number of carboxylic acid groups (broad SMARTS) is 1. The van der Waals surface area contributed by atoms with Gasteiger partial charge in [-0.2, -0.15) is 0 Å². The molecule has 1 aromatic rings. The van der Waals surface area contributed by atoms with Gasteiger partial charge in [0.05, 0.1) is 18.7 Å². The summed E-state index contributed by atoms with van der Waals surface area (Å²) in [4.78, 5) is 26.8. The number of amides is 2. The molecule has 0 radical (unpaired) electrons. The van der Waals surface area contributed by atoms with Crippen LogP contribution in [0.25, 0.3) is 0 Å². The van der Waals surface area contributed by atoms with E-state index in [0.29, 0.717) is 12.5 Å². The van der Waals surface area contributed by atoms with Crippen LogP contribution in [0.2, 0.25) is 0 Å². The number of carbonyl (C=O) groups excluding carboxylic acids is 1. The average Bonchev–Trinajstić information content (AvgIpc) is 3.19. The molecular formula is C14H19N3O3. The zero-order valence-corrected chi connectivity index (χ0v) is 11.4. The van der Waals surface area contributed by atoms with Crippen molar-refractivity contribution >= 4 is 12.0 Å². The minimum absolute atomic E-state index is 0.0270. The van der Waals surface area contributed by atoms with E-state index in [2.05, 4.69) is 15.6 Å². The van der Waals surface area contributed by atoms with Gasteiger partial charge in [-0.15, -0.1) is 0 Å². The Labute approximate surface area is 117 Å². The lowest BCUT2D eigenvalue weighted by Gasteiger charge is -2.16. The normalized spacial score (nSPS) is 15.4. The van der Waals surface area contributed by atoms with Crippen molar-refractivity contribution in [2.24, 2.45) is 5.92 Å². The van der Waals surface area contributed by atoms with E-state index in [9.17, 15) is 9.59 Å². The van der Waals surface area contributed by atoms with E-state index >= 15 is 0 Å². The van der Waals surface area contributed by atoms with Crippen molar-refractivity contribution in [1.29, 1.82) is 0 Å². The van der Waals surface area contributed by atoms with E-state index in [4.69, 9.17) is 5.11 Å². The van der Waals surface area contributed by atoms with Crippen LogP contribution in [0, 0.1) is 12.8 Å². The van der Waals surface area contributed by atoms with Crippen LogP contribution in [0.3, 0.4) is 0 Å². The summed E-state index contributed by atoms with van der Waals surface area (Å²) in [6.45, 7) is 2.22.